The van der Waals surface area contributed by atoms with Gasteiger partial charge in [0.2, 0.25) is 0 Å². The molecular weight excluding hydrogens is 160 g/mol. The van der Waals surface area contributed by atoms with Gasteiger partial charge in [0.1, 0.15) is 0 Å². The first kappa shape index (κ1) is 10.2. The summed E-state index contributed by atoms with van der Waals surface area (Å²) >= 11 is 0. The molecule has 0 bridgehead atoms. The summed E-state index contributed by atoms with van der Waals surface area (Å²) in [5.41, 5.74) is 0. The zero-order chi connectivity index (χ0) is 9.36. The number of ketones is 1. The summed E-state index contributed by atoms with van der Waals surface area (Å²) in [5, 5.41) is 0. The summed E-state index contributed by atoms with van der Waals surface area (Å²) in [7, 11) is 0. The number of rotatable bonds is 0. The van der Waals surface area contributed by atoms with Gasteiger partial charge in [0, 0.05) is 0 Å². The van der Waals surface area contributed by atoms with Crippen LogP contribution in [-0.2, 0) is 4.79 Å². The van der Waals surface area contributed by atoms with E-state index in [1.165, 1.54) is 32.1 Å². The highest BCUT2D eigenvalue weighted by atomic mass is 16.1. The molecular formula is C12H18O. The Labute approximate surface area is 80.5 Å². The molecule has 0 aromatic carbocycles. The van der Waals surface area contributed by atoms with E-state index in [4.69, 9.17) is 0 Å². The Balaban J connectivity index is 2.37. The van der Waals surface area contributed by atoms with Crippen LogP contribution in [0.15, 0.2) is 24.3 Å². The van der Waals surface area contributed by atoms with Gasteiger partial charge in [0.15, 0.2) is 5.78 Å². The number of carbonyl (C=O) groups excluding carboxylic acids is 1. The maximum Gasteiger partial charge on any atom is 0.177 e. The van der Waals surface area contributed by atoms with Crippen molar-refractivity contribution in [2.24, 2.45) is 0 Å². The molecule has 0 saturated heterocycles. The summed E-state index contributed by atoms with van der Waals surface area (Å²) < 4.78 is 0. The van der Waals surface area contributed by atoms with Crippen LogP contribution in [0.1, 0.15) is 44.9 Å². The minimum atomic E-state index is 0.139. The lowest BCUT2D eigenvalue weighted by Gasteiger charge is -1.99. The Kier molecular flexibility index (Phi) is 5.23. The maximum atomic E-state index is 11.1. The second-order valence-electron chi connectivity index (χ2n) is 3.55. The first-order valence-corrected chi connectivity index (χ1v) is 5.26. The zero-order valence-electron chi connectivity index (χ0n) is 8.17. The van der Waals surface area contributed by atoms with Gasteiger partial charge >= 0.3 is 0 Å². The van der Waals surface area contributed by atoms with Crippen LogP contribution in [0, 0.1) is 0 Å². The van der Waals surface area contributed by atoms with E-state index in [0.29, 0.717) is 0 Å². The van der Waals surface area contributed by atoms with Crippen molar-refractivity contribution in [3.05, 3.63) is 24.3 Å². The van der Waals surface area contributed by atoms with Gasteiger partial charge in [0.05, 0.1) is 0 Å². The molecule has 0 radical (unpaired) electrons. The number of hydrogen-bond donors (Lipinski definition) is 0. The SMILES string of the molecule is O=C1/C=C/CCCCCCC/C=C/1. The molecule has 0 spiro atoms. The van der Waals surface area contributed by atoms with Crippen molar-refractivity contribution in [1.82, 2.24) is 0 Å². The second kappa shape index (κ2) is 6.64. The fraction of sp³-hybridized carbons (Fsp3) is 0.583. The molecule has 0 aromatic heterocycles. The second-order valence-corrected chi connectivity index (χ2v) is 3.55. The molecule has 0 fully saturated rings. The molecule has 0 atom stereocenters. The minimum absolute atomic E-state index is 0.139. The molecule has 72 valence electrons. The lowest BCUT2D eigenvalue weighted by atomic mass is 10.1. The lowest BCUT2D eigenvalue weighted by Crippen LogP contribution is -1.86. The van der Waals surface area contributed by atoms with Crippen molar-refractivity contribution < 1.29 is 4.79 Å². The van der Waals surface area contributed by atoms with Crippen LogP contribution >= 0.6 is 0 Å². The van der Waals surface area contributed by atoms with Gasteiger partial charge in [-0.3, -0.25) is 4.79 Å². The third kappa shape index (κ3) is 5.40. The van der Waals surface area contributed by atoms with Crippen molar-refractivity contribution in [3.63, 3.8) is 0 Å². The third-order valence-corrected chi connectivity index (χ3v) is 2.31. The molecule has 13 heavy (non-hydrogen) atoms. The zero-order valence-corrected chi connectivity index (χ0v) is 8.17. The first-order chi connectivity index (χ1) is 6.39. The maximum absolute atomic E-state index is 11.1. The van der Waals surface area contributed by atoms with Crippen molar-refractivity contribution >= 4 is 5.78 Å². The molecule has 0 aromatic rings. The van der Waals surface area contributed by atoms with Crippen molar-refractivity contribution in [2.75, 3.05) is 0 Å². The molecule has 0 saturated carbocycles. The van der Waals surface area contributed by atoms with Gasteiger partial charge in [-0.15, -0.1) is 0 Å². The van der Waals surface area contributed by atoms with Crippen LogP contribution < -0.4 is 0 Å². The van der Waals surface area contributed by atoms with E-state index in [1.54, 1.807) is 12.2 Å². The molecule has 0 heterocycles. The van der Waals surface area contributed by atoms with Crippen LogP contribution in [0.5, 0.6) is 0 Å². The van der Waals surface area contributed by atoms with E-state index in [0.717, 1.165) is 12.8 Å². The topological polar surface area (TPSA) is 17.1 Å². The summed E-state index contributed by atoms with van der Waals surface area (Å²) in [4.78, 5) is 11.1. The normalized spacial score (nSPS) is 25.7. The van der Waals surface area contributed by atoms with Gasteiger partial charge in [-0.05, 0) is 37.8 Å². The molecule has 0 unspecified atom stereocenters. The Morgan fingerprint density at radius 1 is 0.769 bits per heavy atom. The highest BCUT2D eigenvalue weighted by Crippen LogP contribution is 2.08. The summed E-state index contributed by atoms with van der Waals surface area (Å²) in [6.07, 6.45) is 15.9. The first-order valence-electron chi connectivity index (χ1n) is 5.26. The molecule has 1 aliphatic carbocycles. The number of allylic oxidation sites excluding steroid dienone is 4. The monoisotopic (exact) mass is 178 g/mol. The quantitative estimate of drug-likeness (QED) is 0.555. The molecule has 1 aliphatic rings. The lowest BCUT2D eigenvalue weighted by molar-refractivity contribution is -0.110. The van der Waals surface area contributed by atoms with Crippen LogP contribution in [0.4, 0.5) is 0 Å². The van der Waals surface area contributed by atoms with Crippen LogP contribution in [-0.4, -0.2) is 5.78 Å². The molecule has 0 N–H and O–H groups in total. The molecule has 1 nitrogen and oxygen atoms in total. The highest BCUT2D eigenvalue weighted by molar-refractivity contribution is 5.99. The van der Waals surface area contributed by atoms with E-state index in [2.05, 4.69) is 0 Å². The van der Waals surface area contributed by atoms with Gasteiger partial charge in [-0.25, -0.2) is 0 Å². The van der Waals surface area contributed by atoms with Gasteiger partial charge < -0.3 is 0 Å². The minimum Gasteiger partial charge on any atom is -0.290 e. The number of carbonyl (C=O) groups is 1. The van der Waals surface area contributed by atoms with Crippen LogP contribution in [0.25, 0.3) is 0 Å². The smallest absolute Gasteiger partial charge is 0.177 e. The number of hydrogen-bond acceptors (Lipinski definition) is 1. The van der Waals surface area contributed by atoms with E-state index < -0.39 is 0 Å². The Hall–Kier alpha value is -0.850. The fourth-order valence-electron chi connectivity index (χ4n) is 1.51. The van der Waals surface area contributed by atoms with E-state index in [-0.39, 0.29) is 5.78 Å². The Morgan fingerprint density at radius 3 is 1.77 bits per heavy atom. The van der Waals surface area contributed by atoms with Gasteiger partial charge in [0.25, 0.3) is 0 Å². The molecule has 0 aliphatic heterocycles. The van der Waals surface area contributed by atoms with E-state index >= 15 is 0 Å². The average Bonchev–Trinajstić information content (AvgIpc) is 2.11. The third-order valence-electron chi connectivity index (χ3n) is 2.31. The van der Waals surface area contributed by atoms with E-state index in [9.17, 15) is 4.79 Å². The van der Waals surface area contributed by atoms with Crippen molar-refractivity contribution in [2.45, 2.75) is 44.9 Å². The Morgan fingerprint density at radius 2 is 1.23 bits per heavy atom. The molecule has 1 rings (SSSR count). The van der Waals surface area contributed by atoms with Crippen LogP contribution in [0.3, 0.4) is 0 Å². The van der Waals surface area contributed by atoms with Crippen molar-refractivity contribution in [1.29, 1.82) is 0 Å². The van der Waals surface area contributed by atoms with Crippen LogP contribution in [0.2, 0.25) is 0 Å². The van der Waals surface area contributed by atoms with E-state index in [1.807, 2.05) is 12.2 Å². The molecule has 1 heteroatoms. The fourth-order valence-corrected chi connectivity index (χ4v) is 1.51. The summed E-state index contributed by atoms with van der Waals surface area (Å²) in [6, 6.07) is 0. The standard InChI is InChI=1S/C12H18O/c13-12-10-8-6-4-2-1-3-5-7-9-11-12/h8-11H,1-7H2/b10-8+,11-9+. The largest absolute Gasteiger partial charge is 0.290 e. The van der Waals surface area contributed by atoms with Crippen molar-refractivity contribution in [3.8, 4) is 0 Å². The van der Waals surface area contributed by atoms with Gasteiger partial charge in [-0.1, -0.05) is 31.4 Å². The average molecular weight is 178 g/mol. The van der Waals surface area contributed by atoms with Gasteiger partial charge in [-0.2, -0.15) is 0 Å². The highest BCUT2D eigenvalue weighted by Gasteiger charge is 1.92. The summed E-state index contributed by atoms with van der Waals surface area (Å²) in [5.74, 6) is 0.139. The predicted octanol–water partition coefficient (Wildman–Crippen LogP) is 3.41. The predicted molar refractivity (Wildman–Crippen MR) is 55.6 cm³/mol. The summed E-state index contributed by atoms with van der Waals surface area (Å²) in [6.45, 7) is 0. The molecule has 0 amide bonds. The Bertz CT molecular complexity index is 181.